The van der Waals surface area contributed by atoms with Gasteiger partial charge in [0.05, 0.1) is 0 Å². The molecule has 0 spiro atoms. The average molecular weight is 181 g/mol. The van der Waals surface area contributed by atoms with Crippen LogP contribution in [-0.4, -0.2) is 6.54 Å². The first-order valence-electron chi connectivity index (χ1n) is 5.54. The normalized spacial score (nSPS) is 32.8. The van der Waals surface area contributed by atoms with Gasteiger partial charge >= 0.3 is 0 Å². The minimum Gasteiger partial charge on any atom is -0.327 e. The molecule has 0 aromatic heterocycles. The molecule has 1 rings (SSSR count). The first-order chi connectivity index (χ1) is 6.15. The maximum Gasteiger partial charge on any atom is 0.0109 e. The highest BCUT2D eigenvalue weighted by molar-refractivity contribution is 5.11. The Morgan fingerprint density at radius 1 is 1.46 bits per heavy atom. The molecular formula is C12H23N. The zero-order valence-corrected chi connectivity index (χ0v) is 9.22. The molecule has 1 heteroatoms. The van der Waals surface area contributed by atoms with Gasteiger partial charge in [0.25, 0.3) is 0 Å². The van der Waals surface area contributed by atoms with Gasteiger partial charge in [-0.15, -0.1) is 0 Å². The summed E-state index contributed by atoms with van der Waals surface area (Å²) in [4.78, 5) is 0. The minimum atomic E-state index is 0.714. The number of hydrogen-bond donors (Lipinski definition) is 1. The molecule has 76 valence electrons. The second-order valence-electron chi connectivity index (χ2n) is 4.75. The van der Waals surface area contributed by atoms with E-state index in [0.717, 1.165) is 17.8 Å². The summed E-state index contributed by atoms with van der Waals surface area (Å²) in [5.41, 5.74) is 7.21. The molecule has 1 aliphatic carbocycles. The lowest BCUT2D eigenvalue weighted by atomic mass is 9.74. The molecule has 2 unspecified atom stereocenters. The van der Waals surface area contributed by atoms with Gasteiger partial charge in [0.1, 0.15) is 0 Å². The Kier molecular flexibility index (Phi) is 3.98. The Balaban J connectivity index is 2.66. The fourth-order valence-corrected chi connectivity index (χ4v) is 2.45. The van der Waals surface area contributed by atoms with Crippen molar-refractivity contribution in [2.75, 3.05) is 6.54 Å². The van der Waals surface area contributed by atoms with E-state index in [-0.39, 0.29) is 0 Å². The summed E-state index contributed by atoms with van der Waals surface area (Å²) in [6, 6.07) is 0. The Morgan fingerprint density at radius 3 is 2.69 bits per heavy atom. The van der Waals surface area contributed by atoms with E-state index in [1.54, 1.807) is 5.57 Å². The highest BCUT2D eigenvalue weighted by Gasteiger charge is 2.24. The molecule has 0 amide bonds. The Morgan fingerprint density at radius 2 is 2.15 bits per heavy atom. The third-order valence-electron chi connectivity index (χ3n) is 3.22. The lowest BCUT2D eigenvalue weighted by molar-refractivity contribution is 0.307. The fraction of sp³-hybridized carbons (Fsp3) is 0.833. The van der Waals surface area contributed by atoms with Gasteiger partial charge in [-0.1, -0.05) is 32.4 Å². The Labute approximate surface area is 82.4 Å². The van der Waals surface area contributed by atoms with Crippen LogP contribution in [0.4, 0.5) is 0 Å². The summed E-state index contributed by atoms with van der Waals surface area (Å²) in [5.74, 6) is 2.46. The minimum absolute atomic E-state index is 0.714. The topological polar surface area (TPSA) is 26.0 Å². The van der Waals surface area contributed by atoms with Gasteiger partial charge in [0.15, 0.2) is 0 Å². The summed E-state index contributed by atoms with van der Waals surface area (Å²) in [5, 5.41) is 0. The van der Waals surface area contributed by atoms with Crippen LogP contribution in [0, 0.1) is 17.8 Å². The molecule has 0 heterocycles. The quantitative estimate of drug-likeness (QED) is 0.651. The molecule has 0 aromatic rings. The summed E-state index contributed by atoms with van der Waals surface area (Å²) in [7, 11) is 0. The fourth-order valence-electron chi connectivity index (χ4n) is 2.45. The zero-order chi connectivity index (χ0) is 9.84. The zero-order valence-electron chi connectivity index (χ0n) is 9.22. The Bertz CT molecular complexity index is 182. The van der Waals surface area contributed by atoms with E-state index in [4.69, 9.17) is 5.73 Å². The summed E-state index contributed by atoms with van der Waals surface area (Å²) >= 11 is 0. The van der Waals surface area contributed by atoms with Crippen molar-refractivity contribution in [2.24, 2.45) is 23.5 Å². The van der Waals surface area contributed by atoms with Crippen LogP contribution in [0.25, 0.3) is 0 Å². The van der Waals surface area contributed by atoms with Crippen LogP contribution in [0.2, 0.25) is 0 Å². The van der Waals surface area contributed by atoms with Crippen LogP contribution in [0.1, 0.15) is 40.0 Å². The van der Waals surface area contributed by atoms with E-state index in [1.807, 2.05) is 0 Å². The van der Waals surface area contributed by atoms with Gasteiger partial charge in [-0.25, -0.2) is 0 Å². The second-order valence-corrected chi connectivity index (χ2v) is 4.75. The van der Waals surface area contributed by atoms with Gasteiger partial charge in [0.2, 0.25) is 0 Å². The highest BCUT2D eigenvalue weighted by Crippen LogP contribution is 2.37. The smallest absolute Gasteiger partial charge is 0.0109 e. The van der Waals surface area contributed by atoms with Crippen LogP contribution in [0.15, 0.2) is 11.6 Å². The number of hydrogen-bond acceptors (Lipinski definition) is 1. The molecule has 1 fully saturated rings. The summed E-state index contributed by atoms with van der Waals surface area (Å²) < 4.78 is 0. The van der Waals surface area contributed by atoms with Crippen LogP contribution in [-0.2, 0) is 0 Å². The van der Waals surface area contributed by atoms with Gasteiger partial charge in [-0.05, 0) is 37.0 Å². The maximum atomic E-state index is 5.59. The van der Waals surface area contributed by atoms with E-state index < -0.39 is 0 Å². The van der Waals surface area contributed by atoms with Crippen molar-refractivity contribution in [1.29, 1.82) is 0 Å². The first-order valence-corrected chi connectivity index (χ1v) is 5.54. The van der Waals surface area contributed by atoms with Crippen molar-refractivity contribution in [3.05, 3.63) is 11.6 Å². The predicted molar refractivity (Wildman–Crippen MR) is 58.5 cm³/mol. The summed E-state index contributed by atoms with van der Waals surface area (Å²) in [6.07, 6.45) is 6.29. The third kappa shape index (κ3) is 2.84. The van der Waals surface area contributed by atoms with Crippen molar-refractivity contribution in [2.45, 2.75) is 40.0 Å². The summed E-state index contributed by atoms with van der Waals surface area (Å²) in [6.45, 7) is 7.71. The predicted octanol–water partition coefficient (Wildman–Crippen LogP) is 2.96. The van der Waals surface area contributed by atoms with Crippen LogP contribution in [0.3, 0.4) is 0 Å². The van der Waals surface area contributed by atoms with E-state index in [0.29, 0.717) is 6.54 Å². The second kappa shape index (κ2) is 4.80. The molecule has 1 nitrogen and oxygen atoms in total. The molecule has 0 aromatic carbocycles. The average Bonchev–Trinajstić information content (AvgIpc) is 2.04. The molecule has 1 saturated carbocycles. The molecule has 1 aliphatic rings. The number of nitrogens with two attached hydrogens (primary N) is 1. The van der Waals surface area contributed by atoms with Crippen molar-refractivity contribution >= 4 is 0 Å². The molecule has 2 atom stereocenters. The van der Waals surface area contributed by atoms with Crippen molar-refractivity contribution in [1.82, 2.24) is 0 Å². The van der Waals surface area contributed by atoms with Gasteiger partial charge in [0, 0.05) is 6.54 Å². The Hall–Kier alpha value is -0.300. The molecule has 0 radical (unpaired) electrons. The van der Waals surface area contributed by atoms with Crippen LogP contribution < -0.4 is 5.73 Å². The SMILES string of the molecule is CC1CCC(C(C)C)C(=CCN)C1. The van der Waals surface area contributed by atoms with Gasteiger partial charge < -0.3 is 5.73 Å². The van der Waals surface area contributed by atoms with Gasteiger partial charge in [-0.3, -0.25) is 0 Å². The van der Waals surface area contributed by atoms with Crippen molar-refractivity contribution < 1.29 is 0 Å². The van der Waals surface area contributed by atoms with Crippen molar-refractivity contribution in [3.8, 4) is 0 Å². The maximum absolute atomic E-state index is 5.59. The molecule has 2 N–H and O–H groups in total. The lowest BCUT2D eigenvalue weighted by Gasteiger charge is -2.32. The lowest BCUT2D eigenvalue weighted by Crippen LogP contribution is -2.21. The van der Waals surface area contributed by atoms with Crippen molar-refractivity contribution in [3.63, 3.8) is 0 Å². The highest BCUT2D eigenvalue weighted by atomic mass is 14.5. The van der Waals surface area contributed by atoms with E-state index >= 15 is 0 Å². The molecule has 0 aliphatic heterocycles. The van der Waals surface area contributed by atoms with E-state index in [9.17, 15) is 0 Å². The number of rotatable bonds is 2. The van der Waals surface area contributed by atoms with E-state index in [2.05, 4.69) is 26.8 Å². The standard InChI is InChI=1S/C12H23N/c1-9(2)12-5-4-10(3)8-11(12)6-7-13/h6,9-10,12H,4-5,7-8,13H2,1-3H3. The molecule has 13 heavy (non-hydrogen) atoms. The molecule has 0 saturated heterocycles. The van der Waals surface area contributed by atoms with E-state index in [1.165, 1.54) is 19.3 Å². The van der Waals surface area contributed by atoms with Crippen LogP contribution >= 0.6 is 0 Å². The third-order valence-corrected chi connectivity index (χ3v) is 3.22. The monoisotopic (exact) mass is 181 g/mol. The number of allylic oxidation sites excluding steroid dienone is 1. The molecule has 0 bridgehead atoms. The van der Waals surface area contributed by atoms with Crippen LogP contribution in [0.5, 0.6) is 0 Å². The molecular weight excluding hydrogens is 158 g/mol. The van der Waals surface area contributed by atoms with Gasteiger partial charge in [-0.2, -0.15) is 0 Å². The first kappa shape index (κ1) is 10.8. The largest absolute Gasteiger partial charge is 0.327 e.